The molecule has 8 nitrogen and oxygen atoms in total. The van der Waals surface area contributed by atoms with E-state index in [4.69, 9.17) is 0 Å². The van der Waals surface area contributed by atoms with Gasteiger partial charge in [0.2, 0.25) is 10.0 Å². The second-order valence-electron chi connectivity index (χ2n) is 7.96. The number of fused-ring (bicyclic) bond motifs is 1. The molecule has 0 saturated carbocycles. The molecule has 1 atom stereocenters. The summed E-state index contributed by atoms with van der Waals surface area (Å²) in [5, 5.41) is 11.6. The van der Waals surface area contributed by atoms with E-state index in [9.17, 15) is 23.1 Å². The molecule has 0 unspecified atom stereocenters. The quantitative estimate of drug-likeness (QED) is 0.389. The van der Waals surface area contributed by atoms with Gasteiger partial charge in [-0.15, -0.1) is 0 Å². The van der Waals surface area contributed by atoms with E-state index in [0.717, 1.165) is 10.9 Å². The molecule has 168 valence electrons. The zero-order valence-electron chi connectivity index (χ0n) is 17.7. The van der Waals surface area contributed by atoms with Crippen molar-refractivity contribution in [3.05, 3.63) is 71.9 Å². The Kier molecular flexibility index (Phi) is 4.95. The number of nitrogens with zero attached hydrogens (tertiary/aromatic N) is 1. The second-order valence-corrected chi connectivity index (χ2v) is 9.64. The molecule has 0 saturated heterocycles. The third-order valence-electron chi connectivity index (χ3n) is 5.96. The van der Waals surface area contributed by atoms with Gasteiger partial charge < -0.3 is 15.0 Å². The highest BCUT2D eigenvalue weighted by molar-refractivity contribution is 7.89. The van der Waals surface area contributed by atoms with E-state index in [0.29, 0.717) is 34.3 Å². The van der Waals surface area contributed by atoms with Crippen LogP contribution in [0.25, 0.3) is 21.7 Å². The molecular weight excluding hydrogens is 442 g/mol. The predicted octanol–water partition coefficient (Wildman–Crippen LogP) is 3.28. The lowest BCUT2D eigenvalue weighted by molar-refractivity contribution is -0.138. The first-order valence-electron chi connectivity index (χ1n) is 10.5. The number of benzene rings is 3. The number of carbonyl (C=O) groups excluding carboxylic acids is 1. The molecule has 0 bridgehead atoms. The summed E-state index contributed by atoms with van der Waals surface area (Å²) in [5.74, 6) is -1.46. The van der Waals surface area contributed by atoms with Crippen LogP contribution in [-0.2, 0) is 21.2 Å². The van der Waals surface area contributed by atoms with Crippen molar-refractivity contribution in [3.63, 3.8) is 0 Å². The Morgan fingerprint density at radius 2 is 1.91 bits per heavy atom. The van der Waals surface area contributed by atoms with E-state index >= 15 is 0 Å². The van der Waals surface area contributed by atoms with Crippen LogP contribution in [0.5, 0.6) is 0 Å². The lowest BCUT2D eigenvalue weighted by Crippen LogP contribution is -2.42. The van der Waals surface area contributed by atoms with Crippen molar-refractivity contribution in [2.24, 2.45) is 0 Å². The van der Waals surface area contributed by atoms with Gasteiger partial charge in [-0.2, -0.15) is 4.72 Å². The Morgan fingerprint density at radius 3 is 2.64 bits per heavy atom. The fraction of sp³-hybridized carbons (Fsp3) is 0.167. The first-order valence-corrected chi connectivity index (χ1v) is 12.0. The van der Waals surface area contributed by atoms with Crippen LogP contribution >= 0.6 is 0 Å². The van der Waals surface area contributed by atoms with Crippen molar-refractivity contribution in [3.8, 4) is 0 Å². The number of amides is 1. The van der Waals surface area contributed by atoms with Crippen LogP contribution in [0.2, 0.25) is 0 Å². The Morgan fingerprint density at radius 1 is 1.12 bits per heavy atom. The minimum atomic E-state index is -4.20. The van der Waals surface area contributed by atoms with Crippen molar-refractivity contribution in [1.82, 2.24) is 9.71 Å². The third-order valence-corrected chi connectivity index (χ3v) is 7.49. The Labute approximate surface area is 189 Å². The molecular formula is C24H21N3O5S. The summed E-state index contributed by atoms with van der Waals surface area (Å²) >= 11 is 0. The van der Waals surface area contributed by atoms with E-state index in [1.165, 1.54) is 6.07 Å². The summed E-state index contributed by atoms with van der Waals surface area (Å²) in [7, 11) is -4.20. The maximum Gasteiger partial charge on any atom is 0.322 e. The molecule has 1 aliphatic rings. The van der Waals surface area contributed by atoms with Gasteiger partial charge in [-0.05, 0) is 42.6 Å². The summed E-state index contributed by atoms with van der Waals surface area (Å²) < 4.78 is 29.0. The molecule has 2 heterocycles. The standard InChI is InChI=1S/C24H21N3O5S/c1-2-27-20-10-11-21(16-7-5-8-17(22(16)20)23(27)28)33(31,32)26-19(24(29)30)13-15-12-14-6-3-4-9-18(14)25-15/h3-12,19,25-26H,2,13H2,1H3,(H,29,30)/t19-/m1/s1. The van der Waals surface area contributed by atoms with Gasteiger partial charge in [-0.25, -0.2) is 8.42 Å². The number of hydrogen-bond donors (Lipinski definition) is 3. The maximum atomic E-state index is 13.3. The zero-order valence-corrected chi connectivity index (χ0v) is 18.5. The second kappa shape index (κ2) is 7.72. The molecule has 1 aromatic heterocycles. The third kappa shape index (κ3) is 3.46. The monoisotopic (exact) mass is 463 g/mol. The lowest BCUT2D eigenvalue weighted by atomic mass is 10.1. The van der Waals surface area contributed by atoms with Gasteiger partial charge in [0, 0.05) is 40.5 Å². The SMILES string of the molecule is CCN1C(=O)c2cccc3c(S(=O)(=O)N[C@H](Cc4cc5ccccc5[nH]4)C(=O)O)ccc1c23. The molecule has 9 heteroatoms. The summed E-state index contributed by atoms with van der Waals surface area (Å²) in [6.07, 6.45) is -0.0490. The van der Waals surface area contributed by atoms with Crippen molar-refractivity contribution >= 4 is 49.3 Å². The zero-order chi connectivity index (χ0) is 23.3. The fourth-order valence-electron chi connectivity index (χ4n) is 4.46. The van der Waals surface area contributed by atoms with Crippen molar-refractivity contribution in [2.45, 2.75) is 24.3 Å². The largest absolute Gasteiger partial charge is 0.480 e. The number of aliphatic carboxylic acids is 1. The molecule has 0 radical (unpaired) electrons. The fourth-order valence-corrected chi connectivity index (χ4v) is 5.85. The van der Waals surface area contributed by atoms with Gasteiger partial charge in [-0.3, -0.25) is 9.59 Å². The van der Waals surface area contributed by atoms with Crippen LogP contribution in [-0.4, -0.2) is 43.0 Å². The van der Waals surface area contributed by atoms with Gasteiger partial charge in [0.1, 0.15) is 6.04 Å². The summed E-state index contributed by atoms with van der Waals surface area (Å²) in [6.45, 7) is 2.31. The van der Waals surface area contributed by atoms with Gasteiger partial charge in [-0.1, -0.05) is 30.3 Å². The minimum absolute atomic E-state index is 0.0490. The number of sulfonamides is 1. The van der Waals surface area contributed by atoms with E-state index in [1.807, 2.05) is 37.3 Å². The van der Waals surface area contributed by atoms with Crippen molar-refractivity contribution in [1.29, 1.82) is 0 Å². The van der Waals surface area contributed by atoms with Crippen molar-refractivity contribution in [2.75, 3.05) is 11.4 Å². The van der Waals surface area contributed by atoms with Crippen LogP contribution in [0.3, 0.4) is 0 Å². The predicted molar refractivity (Wildman–Crippen MR) is 125 cm³/mol. The number of nitrogens with one attached hydrogen (secondary N) is 2. The highest BCUT2D eigenvalue weighted by Gasteiger charge is 2.33. The summed E-state index contributed by atoms with van der Waals surface area (Å²) in [6, 6.07) is 15.9. The van der Waals surface area contributed by atoms with Crippen LogP contribution in [0.4, 0.5) is 5.69 Å². The molecule has 1 amide bonds. The minimum Gasteiger partial charge on any atom is -0.480 e. The number of H-pyrrole nitrogens is 1. The van der Waals surface area contributed by atoms with Crippen LogP contribution in [0, 0.1) is 0 Å². The number of carboxylic acids is 1. The number of aromatic nitrogens is 1. The molecule has 0 aliphatic carbocycles. The number of aromatic amines is 1. The molecule has 0 fully saturated rings. The normalized spacial score (nSPS) is 14.3. The molecule has 1 aliphatic heterocycles. The first-order chi connectivity index (χ1) is 15.8. The smallest absolute Gasteiger partial charge is 0.322 e. The van der Waals surface area contributed by atoms with Crippen LogP contribution in [0.15, 0.2) is 65.6 Å². The molecule has 4 aromatic rings. The number of para-hydroxylation sites is 1. The maximum absolute atomic E-state index is 13.3. The van der Waals surface area contributed by atoms with Crippen LogP contribution in [0.1, 0.15) is 23.0 Å². The topological polar surface area (TPSA) is 120 Å². The van der Waals surface area contributed by atoms with E-state index in [-0.39, 0.29) is 17.2 Å². The van der Waals surface area contributed by atoms with E-state index < -0.39 is 22.0 Å². The molecule has 3 N–H and O–H groups in total. The van der Waals surface area contributed by atoms with Gasteiger partial charge in [0.05, 0.1) is 10.6 Å². The molecule has 3 aromatic carbocycles. The number of anilines is 1. The number of hydrogen-bond acceptors (Lipinski definition) is 4. The van der Waals surface area contributed by atoms with Gasteiger partial charge in [0.15, 0.2) is 0 Å². The Hall–Kier alpha value is -3.69. The highest BCUT2D eigenvalue weighted by atomic mass is 32.2. The average Bonchev–Trinajstić information content (AvgIpc) is 3.32. The summed E-state index contributed by atoms with van der Waals surface area (Å²) in [5.41, 5.74) is 2.54. The van der Waals surface area contributed by atoms with Crippen molar-refractivity contribution < 1.29 is 23.1 Å². The number of carboxylic acid groups (broad SMARTS) is 1. The molecule has 33 heavy (non-hydrogen) atoms. The summed E-state index contributed by atoms with van der Waals surface area (Å²) in [4.78, 5) is 29.3. The number of carbonyl (C=O) groups is 2. The molecule has 0 spiro atoms. The van der Waals surface area contributed by atoms with E-state index in [1.54, 1.807) is 29.2 Å². The first kappa shape index (κ1) is 21.2. The van der Waals surface area contributed by atoms with Gasteiger partial charge >= 0.3 is 5.97 Å². The average molecular weight is 464 g/mol. The number of rotatable bonds is 7. The Bertz CT molecular complexity index is 1510. The lowest BCUT2D eigenvalue weighted by Gasteiger charge is -2.17. The molecule has 5 rings (SSSR count). The Balaban J connectivity index is 1.52. The highest BCUT2D eigenvalue weighted by Crippen LogP contribution is 2.40. The van der Waals surface area contributed by atoms with Crippen LogP contribution < -0.4 is 9.62 Å². The van der Waals surface area contributed by atoms with E-state index in [2.05, 4.69) is 9.71 Å². The van der Waals surface area contributed by atoms with Gasteiger partial charge in [0.25, 0.3) is 5.91 Å².